The van der Waals surface area contributed by atoms with Crippen LogP contribution in [0.15, 0.2) is 18.2 Å². The third-order valence-electron chi connectivity index (χ3n) is 2.88. The van der Waals surface area contributed by atoms with Gasteiger partial charge in [-0.3, -0.25) is 0 Å². The molecule has 4 heteroatoms. The van der Waals surface area contributed by atoms with Crippen LogP contribution in [-0.2, 0) is 6.54 Å². The van der Waals surface area contributed by atoms with Gasteiger partial charge in [-0.25, -0.2) is 8.78 Å². The molecule has 0 fully saturated rings. The quantitative estimate of drug-likeness (QED) is 0.841. The van der Waals surface area contributed by atoms with Crippen molar-refractivity contribution >= 4 is 5.69 Å². The van der Waals surface area contributed by atoms with E-state index in [0.717, 1.165) is 17.8 Å². The first-order valence-electron chi connectivity index (χ1n) is 6.22. The van der Waals surface area contributed by atoms with Crippen LogP contribution in [0.3, 0.4) is 0 Å². The number of rotatable bonds is 6. The van der Waals surface area contributed by atoms with Crippen LogP contribution < -0.4 is 10.2 Å². The Labute approximate surface area is 108 Å². The van der Waals surface area contributed by atoms with Gasteiger partial charge in [0.15, 0.2) is 0 Å². The first kappa shape index (κ1) is 14.9. The molecule has 102 valence electrons. The van der Waals surface area contributed by atoms with Gasteiger partial charge in [-0.05, 0) is 30.2 Å². The molecule has 0 unspecified atom stereocenters. The van der Waals surface area contributed by atoms with Gasteiger partial charge in [0, 0.05) is 25.3 Å². The van der Waals surface area contributed by atoms with Crippen LogP contribution in [0.5, 0.6) is 0 Å². The second kappa shape index (κ2) is 6.69. The molecule has 1 N–H and O–H groups in total. The summed E-state index contributed by atoms with van der Waals surface area (Å²) in [6.07, 6.45) is -2.31. The Morgan fingerprint density at radius 2 is 1.94 bits per heavy atom. The van der Waals surface area contributed by atoms with Gasteiger partial charge in [0.05, 0.1) is 6.54 Å². The van der Waals surface area contributed by atoms with Crippen molar-refractivity contribution < 1.29 is 8.78 Å². The van der Waals surface area contributed by atoms with Crippen molar-refractivity contribution in [1.29, 1.82) is 0 Å². The molecule has 1 rings (SSSR count). The number of hydrogen-bond donors (Lipinski definition) is 1. The van der Waals surface area contributed by atoms with E-state index in [1.165, 1.54) is 5.56 Å². The molecule has 0 heterocycles. The van der Waals surface area contributed by atoms with Crippen molar-refractivity contribution in [2.24, 2.45) is 0 Å². The Kier molecular flexibility index (Phi) is 5.54. The summed E-state index contributed by atoms with van der Waals surface area (Å²) < 4.78 is 24.6. The van der Waals surface area contributed by atoms with Crippen LogP contribution >= 0.6 is 0 Å². The molecule has 0 atom stereocenters. The third-order valence-corrected chi connectivity index (χ3v) is 2.88. The van der Waals surface area contributed by atoms with Crippen LogP contribution in [0.2, 0.25) is 0 Å². The van der Waals surface area contributed by atoms with E-state index in [2.05, 4.69) is 19.2 Å². The van der Waals surface area contributed by atoms with Gasteiger partial charge in [0.2, 0.25) is 0 Å². The van der Waals surface area contributed by atoms with Crippen LogP contribution in [0.25, 0.3) is 0 Å². The van der Waals surface area contributed by atoms with Gasteiger partial charge in [0.1, 0.15) is 0 Å². The van der Waals surface area contributed by atoms with Gasteiger partial charge >= 0.3 is 0 Å². The van der Waals surface area contributed by atoms with E-state index in [1.807, 2.05) is 25.1 Å². The summed E-state index contributed by atoms with van der Waals surface area (Å²) in [5, 5.41) is 3.35. The van der Waals surface area contributed by atoms with Gasteiger partial charge in [-0.2, -0.15) is 0 Å². The van der Waals surface area contributed by atoms with E-state index >= 15 is 0 Å². The lowest BCUT2D eigenvalue weighted by molar-refractivity contribution is 0.156. The number of nitrogens with zero attached hydrogens (tertiary/aromatic N) is 1. The first-order chi connectivity index (χ1) is 8.40. The van der Waals surface area contributed by atoms with Crippen LogP contribution in [0, 0.1) is 6.92 Å². The number of halogens is 2. The fourth-order valence-electron chi connectivity index (χ4n) is 1.74. The largest absolute Gasteiger partial charge is 0.369 e. The summed E-state index contributed by atoms with van der Waals surface area (Å²) in [4.78, 5) is 1.58. The highest BCUT2D eigenvalue weighted by atomic mass is 19.3. The summed E-state index contributed by atoms with van der Waals surface area (Å²) in [6.45, 7) is 6.78. The minimum atomic E-state index is -2.31. The molecule has 1 aromatic carbocycles. The molecule has 0 saturated carbocycles. The highest BCUT2D eigenvalue weighted by Gasteiger charge is 2.09. The Morgan fingerprint density at radius 1 is 1.28 bits per heavy atom. The third kappa shape index (κ3) is 4.61. The molecule has 0 aliphatic rings. The summed E-state index contributed by atoms with van der Waals surface area (Å²) >= 11 is 0. The summed E-state index contributed by atoms with van der Waals surface area (Å²) in [5.41, 5.74) is 3.17. The molecular formula is C14H22F2N2. The zero-order chi connectivity index (χ0) is 13.7. The van der Waals surface area contributed by atoms with Gasteiger partial charge in [-0.1, -0.05) is 19.9 Å². The summed E-state index contributed by atoms with van der Waals surface area (Å²) in [5.74, 6) is 0. The van der Waals surface area contributed by atoms with Crippen molar-refractivity contribution in [2.45, 2.75) is 39.8 Å². The number of aryl methyl sites for hydroxylation is 1. The topological polar surface area (TPSA) is 15.3 Å². The SMILES string of the molecule is Cc1cc(N(C)CC(F)F)ccc1CNC(C)C. The minimum Gasteiger partial charge on any atom is -0.369 e. The molecule has 2 nitrogen and oxygen atoms in total. The number of hydrogen-bond acceptors (Lipinski definition) is 2. The maximum Gasteiger partial charge on any atom is 0.255 e. The van der Waals surface area contributed by atoms with Crippen molar-refractivity contribution in [2.75, 3.05) is 18.5 Å². The molecule has 0 aliphatic carbocycles. The van der Waals surface area contributed by atoms with Gasteiger partial charge in [0.25, 0.3) is 6.43 Å². The van der Waals surface area contributed by atoms with Crippen molar-refractivity contribution in [3.05, 3.63) is 29.3 Å². The molecule has 0 aliphatic heterocycles. The van der Waals surface area contributed by atoms with Crippen molar-refractivity contribution in [1.82, 2.24) is 5.32 Å². The average molecular weight is 256 g/mol. The average Bonchev–Trinajstić information content (AvgIpc) is 2.26. The highest BCUT2D eigenvalue weighted by Crippen LogP contribution is 2.19. The van der Waals surface area contributed by atoms with E-state index in [1.54, 1.807) is 11.9 Å². The molecular weight excluding hydrogens is 234 g/mol. The van der Waals surface area contributed by atoms with E-state index in [0.29, 0.717) is 6.04 Å². The van der Waals surface area contributed by atoms with E-state index < -0.39 is 6.43 Å². The van der Waals surface area contributed by atoms with Crippen LogP contribution in [0.1, 0.15) is 25.0 Å². The van der Waals surface area contributed by atoms with Crippen LogP contribution in [0.4, 0.5) is 14.5 Å². The molecule has 0 amide bonds. The molecule has 0 saturated heterocycles. The fraction of sp³-hybridized carbons (Fsp3) is 0.571. The Bertz CT molecular complexity index is 378. The summed E-state index contributed by atoms with van der Waals surface area (Å²) in [6, 6.07) is 6.29. The maximum absolute atomic E-state index is 12.3. The number of nitrogens with one attached hydrogen (secondary N) is 1. The normalized spacial score (nSPS) is 11.3. The standard InChI is InChI=1S/C14H22F2N2/c1-10(2)17-8-12-5-6-13(7-11(12)3)18(4)9-14(15)16/h5-7,10,14,17H,8-9H2,1-4H3. The lowest BCUT2D eigenvalue weighted by atomic mass is 10.1. The Morgan fingerprint density at radius 3 is 2.44 bits per heavy atom. The number of alkyl halides is 2. The summed E-state index contributed by atoms with van der Waals surface area (Å²) in [7, 11) is 1.69. The second-order valence-electron chi connectivity index (χ2n) is 4.92. The van der Waals surface area contributed by atoms with Crippen LogP contribution in [-0.4, -0.2) is 26.1 Å². The molecule has 0 radical (unpaired) electrons. The highest BCUT2D eigenvalue weighted by molar-refractivity contribution is 5.50. The van der Waals surface area contributed by atoms with Gasteiger partial charge < -0.3 is 10.2 Å². The maximum atomic E-state index is 12.3. The lowest BCUT2D eigenvalue weighted by Crippen LogP contribution is -2.24. The first-order valence-corrected chi connectivity index (χ1v) is 6.22. The second-order valence-corrected chi connectivity index (χ2v) is 4.92. The molecule has 18 heavy (non-hydrogen) atoms. The lowest BCUT2D eigenvalue weighted by Gasteiger charge is -2.20. The number of anilines is 1. The number of benzene rings is 1. The van der Waals surface area contributed by atoms with Gasteiger partial charge in [-0.15, -0.1) is 0 Å². The monoisotopic (exact) mass is 256 g/mol. The molecule has 0 aromatic heterocycles. The minimum absolute atomic E-state index is 0.233. The molecule has 1 aromatic rings. The fourth-order valence-corrected chi connectivity index (χ4v) is 1.74. The predicted octanol–water partition coefficient (Wildman–Crippen LogP) is 3.19. The predicted molar refractivity (Wildman–Crippen MR) is 72.4 cm³/mol. The zero-order valence-electron chi connectivity index (χ0n) is 11.5. The van der Waals surface area contributed by atoms with Crippen molar-refractivity contribution in [3.63, 3.8) is 0 Å². The molecule has 0 spiro atoms. The molecule has 0 bridgehead atoms. The van der Waals surface area contributed by atoms with E-state index in [-0.39, 0.29) is 6.54 Å². The Hall–Kier alpha value is -1.16. The van der Waals surface area contributed by atoms with E-state index in [9.17, 15) is 8.78 Å². The Balaban J connectivity index is 2.72. The van der Waals surface area contributed by atoms with E-state index in [4.69, 9.17) is 0 Å². The van der Waals surface area contributed by atoms with Crippen molar-refractivity contribution in [3.8, 4) is 0 Å². The smallest absolute Gasteiger partial charge is 0.255 e. The zero-order valence-corrected chi connectivity index (χ0v) is 11.5.